The molecule has 29 heavy (non-hydrogen) atoms. The van der Waals surface area contributed by atoms with Gasteiger partial charge in [0.25, 0.3) is 8.48 Å². The second kappa shape index (κ2) is 7.62. The third-order valence-electron chi connectivity index (χ3n) is 7.73. The van der Waals surface area contributed by atoms with Gasteiger partial charge in [-0.15, -0.1) is 0 Å². The molecule has 0 aliphatic carbocycles. The lowest BCUT2D eigenvalue weighted by Crippen LogP contribution is -2.84. The van der Waals surface area contributed by atoms with E-state index in [0.29, 0.717) is 0 Å². The predicted molar refractivity (Wildman–Crippen MR) is 136 cm³/mol. The molecule has 3 N–H and O–H groups in total. The first-order valence-electron chi connectivity index (χ1n) is 11.0. The molecule has 3 atom stereocenters. The second-order valence-electron chi connectivity index (χ2n) is 13.0. The summed E-state index contributed by atoms with van der Waals surface area (Å²) < 4.78 is 20.5. The Labute approximate surface area is 185 Å². The Morgan fingerprint density at radius 3 is 1.69 bits per heavy atom. The Morgan fingerprint density at radius 1 is 0.931 bits per heavy atom. The van der Waals surface area contributed by atoms with Crippen molar-refractivity contribution in [2.75, 3.05) is 6.54 Å². The smallest absolute Gasteiger partial charge is 0.298 e. The molecule has 1 rings (SSSR count). The van der Waals surface area contributed by atoms with Crippen LogP contribution in [0.3, 0.4) is 0 Å². The normalized spacial score (nSPS) is 29.4. The molecule has 0 radical (unpaired) electrons. The molecule has 1 fully saturated rings. The molecular formula is C20H50N2O3Si4. The van der Waals surface area contributed by atoms with Crippen molar-refractivity contribution in [3.63, 3.8) is 0 Å². The van der Waals surface area contributed by atoms with E-state index in [1.165, 1.54) is 0 Å². The van der Waals surface area contributed by atoms with E-state index in [1.54, 1.807) is 0 Å². The number of hydrogen-bond acceptors (Lipinski definition) is 5. The lowest BCUT2D eigenvalue weighted by molar-refractivity contribution is -0.00953. The fourth-order valence-electron chi connectivity index (χ4n) is 3.71. The van der Waals surface area contributed by atoms with Gasteiger partial charge in [-0.2, -0.15) is 0 Å². The van der Waals surface area contributed by atoms with Gasteiger partial charge in [0, 0.05) is 11.6 Å². The zero-order chi connectivity index (χ0) is 23.5. The van der Waals surface area contributed by atoms with Gasteiger partial charge in [0.15, 0.2) is 16.6 Å². The molecule has 1 aliphatic heterocycles. The van der Waals surface area contributed by atoms with Crippen LogP contribution in [0.2, 0.25) is 64.0 Å². The van der Waals surface area contributed by atoms with Crippen LogP contribution in [0.5, 0.6) is 0 Å². The summed E-state index contributed by atoms with van der Waals surface area (Å²) in [7, 11) is -7.89. The predicted octanol–water partition coefficient (Wildman–Crippen LogP) is 5.16. The van der Waals surface area contributed by atoms with Gasteiger partial charge in [-0.1, -0.05) is 33.5 Å². The van der Waals surface area contributed by atoms with E-state index in [-0.39, 0.29) is 15.9 Å². The van der Waals surface area contributed by atoms with Crippen LogP contribution in [0.1, 0.15) is 41.5 Å². The maximum absolute atomic E-state index is 7.02. The fraction of sp³-hybridized carbons (Fsp3) is 1.00. The molecule has 1 saturated heterocycles. The third-order valence-corrected chi connectivity index (χ3v) is 20.9. The van der Waals surface area contributed by atoms with E-state index in [1.807, 2.05) is 0 Å². The molecule has 174 valence electrons. The molecule has 0 amide bonds. The molecule has 0 bridgehead atoms. The van der Waals surface area contributed by atoms with Gasteiger partial charge < -0.3 is 24.0 Å². The molecule has 0 aromatic carbocycles. The Hall–Kier alpha value is 0.668. The standard InChI is InChI=1S/C20H50N2O3Si4/c1-17(2,23-29(15)19(5,16-22-29)24-27(10,11)12)18(3,4)28(13,14)25-20(6,21)26(7,8)9/h22H,16,21H2,1-15H3. The van der Waals surface area contributed by atoms with Crippen LogP contribution in [-0.4, -0.2) is 55.9 Å². The van der Waals surface area contributed by atoms with Gasteiger partial charge in [-0.05, 0) is 67.0 Å². The highest BCUT2D eigenvalue weighted by Gasteiger charge is 2.64. The first-order valence-corrected chi connectivity index (χ1v) is 23.2. The average molecular weight is 479 g/mol. The summed E-state index contributed by atoms with van der Waals surface area (Å²) in [5.74, 6) is 0. The van der Waals surface area contributed by atoms with Crippen molar-refractivity contribution >= 4 is 33.2 Å². The molecule has 5 nitrogen and oxygen atoms in total. The Bertz CT molecular complexity index is 612. The van der Waals surface area contributed by atoms with Crippen LogP contribution in [0.15, 0.2) is 0 Å². The maximum atomic E-state index is 7.02. The highest BCUT2D eigenvalue weighted by molar-refractivity contribution is 6.81. The Morgan fingerprint density at radius 2 is 1.38 bits per heavy atom. The van der Waals surface area contributed by atoms with E-state index in [0.717, 1.165) is 6.54 Å². The van der Waals surface area contributed by atoms with E-state index in [4.69, 9.17) is 19.0 Å². The van der Waals surface area contributed by atoms with Crippen LogP contribution in [0, 0.1) is 0 Å². The second-order valence-corrected chi connectivity index (χ2v) is 31.1. The summed E-state index contributed by atoms with van der Waals surface area (Å²) in [5, 5.41) is -0.923. The van der Waals surface area contributed by atoms with Crippen molar-refractivity contribution in [1.29, 1.82) is 0 Å². The van der Waals surface area contributed by atoms with E-state index in [2.05, 4.69) is 105 Å². The van der Waals surface area contributed by atoms with Crippen molar-refractivity contribution in [1.82, 2.24) is 4.98 Å². The molecule has 0 aromatic rings. The SMILES string of the molecule is CC(C)(O[Si]1(C)NCC1(C)O[Si](C)(C)C)C(C)(C)[Si](C)(C)OC(C)(N)[Si](C)(C)C. The summed E-state index contributed by atoms with van der Waals surface area (Å²) in [6.45, 7) is 34.6. The number of nitrogens with one attached hydrogen (secondary N) is 1. The molecule has 9 heteroatoms. The first kappa shape index (κ1) is 27.7. The number of hydrogen-bond donors (Lipinski definition) is 2. The van der Waals surface area contributed by atoms with Crippen molar-refractivity contribution in [3.8, 4) is 0 Å². The van der Waals surface area contributed by atoms with Crippen LogP contribution >= 0.6 is 0 Å². The average Bonchev–Trinajstić information content (AvgIpc) is 2.41. The van der Waals surface area contributed by atoms with Crippen molar-refractivity contribution in [2.45, 2.75) is 122 Å². The highest BCUT2D eigenvalue weighted by atomic mass is 28.4. The van der Waals surface area contributed by atoms with Gasteiger partial charge in [0.2, 0.25) is 0 Å². The Kier molecular flexibility index (Phi) is 7.28. The van der Waals surface area contributed by atoms with Crippen LogP contribution < -0.4 is 10.7 Å². The van der Waals surface area contributed by atoms with Gasteiger partial charge in [-0.3, -0.25) is 0 Å². The largest absolute Gasteiger partial charge is 0.410 e. The van der Waals surface area contributed by atoms with Gasteiger partial charge in [0.05, 0.1) is 24.2 Å². The van der Waals surface area contributed by atoms with Gasteiger partial charge in [-0.25, -0.2) is 0 Å². The third kappa shape index (κ3) is 5.36. The lowest BCUT2D eigenvalue weighted by atomic mass is 9.94. The fourth-order valence-corrected chi connectivity index (χ4v) is 14.5. The van der Waals surface area contributed by atoms with E-state index in [9.17, 15) is 0 Å². The quantitative estimate of drug-likeness (QED) is 0.354. The number of rotatable bonds is 9. The van der Waals surface area contributed by atoms with E-state index < -0.39 is 38.5 Å². The maximum Gasteiger partial charge on any atom is 0.298 e. The van der Waals surface area contributed by atoms with Crippen LogP contribution in [0.4, 0.5) is 0 Å². The monoisotopic (exact) mass is 478 g/mol. The molecule has 0 saturated carbocycles. The number of nitrogens with two attached hydrogens (primary N) is 1. The van der Waals surface area contributed by atoms with Crippen molar-refractivity contribution in [3.05, 3.63) is 0 Å². The van der Waals surface area contributed by atoms with Gasteiger partial charge in [0.1, 0.15) is 0 Å². The zero-order valence-corrected chi connectivity index (χ0v) is 26.0. The molecule has 3 unspecified atom stereocenters. The molecule has 1 heterocycles. The summed E-state index contributed by atoms with van der Waals surface area (Å²) in [6.07, 6.45) is 0. The minimum Gasteiger partial charge on any atom is -0.410 e. The van der Waals surface area contributed by atoms with Gasteiger partial charge >= 0.3 is 0 Å². The summed E-state index contributed by atoms with van der Waals surface area (Å²) in [5.41, 5.74) is 6.33. The van der Waals surface area contributed by atoms with Crippen LogP contribution in [-0.2, 0) is 13.3 Å². The van der Waals surface area contributed by atoms with Crippen LogP contribution in [0.25, 0.3) is 0 Å². The molecular weight excluding hydrogens is 429 g/mol. The highest BCUT2D eigenvalue weighted by Crippen LogP contribution is 2.52. The minimum absolute atomic E-state index is 0.159. The first-order chi connectivity index (χ1) is 12.3. The molecule has 0 aromatic heterocycles. The lowest BCUT2D eigenvalue weighted by Gasteiger charge is -2.61. The van der Waals surface area contributed by atoms with E-state index >= 15 is 0 Å². The van der Waals surface area contributed by atoms with Crippen molar-refractivity contribution in [2.24, 2.45) is 5.73 Å². The summed E-state index contributed by atoms with van der Waals surface area (Å²) in [4.78, 5) is 3.66. The zero-order valence-electron chi connectivity index (χ0n) is 22.0. The molecule has 1 aliphatic rings. The minimum atomic E-state index is -2.27. The Balaban J connectivity index is 3.17. The summed E-state index contributed by atoms with van der Waals surface area (Å²) >= 11 is 0. The summed E-state index contributed by atoms with van der Waals surface area (Å²) in [6, 6.07) is 0. The topological polar surface area (TPSA) is 65.7 Å². The molecule has 0 spiro atoms. The van der Waals surface area contributed by atoms with Crippen molar-refractivity contribution < 1.29 is 13.3 Å².